The molecule has 2 aromatic rings. The molecule has 0 radical (unpaired) electrons. The molecule has 0 atom stereocenters. The van der Waals surface area contributed by atoms with Crippen LogP contribution in [0.5, 0.6) is 0 Å². The van der Waals surface area contributed by atoms with Crippen LogP contribution in [0.4, 0.5) is 0 Å². The van der Waals surface area contributed by atoms with Crippen LogP contribution in [-0.2, 0) is 11.3 Å². The number of carbonyl (C=O) groups excluding carboxylic acids is 1. The first-order valence-corrected chi connectivity index (χ1v) is 10.1. The van der Waals surface area contributed by atoms with E-state index in [-0.39, 0.29) is 5.91 Å². The van der Waals surface area contributed by atoms with Crippen molar-refractivity contribution in [1.29, 1.82) is 0 Å². The van der Waals surface area contributed by atoms with E-state index in [1.165, 1.54) is 6.21 Å². The van der Waals surface area contributed by atoms with Gasteiger partial charge in [-0.05, 0) is 23.8 Å². The maximum Gasteiger partial charge on any atom is 0.254 e. The predicted molar refractivity (Wildman–Crippen MR) is 115 cm³/mol. The summed E-state index contributed by atoms with van der Waals surface area (Å²) in [6.45, 7) is 4.57. The lowest BCUT2D eigenvalue weighted by Gasteiger charge is -2.34. The second-order valence-electron chi connectivity index (χ2n) is 6.60. The molecule has 1 N–H and O–H groups in total. The molecule has 5 nitrogen and oxygen atoms in total. The van der Waals surface area contributed by atoms with Gasteiger partial charge in [0.15, 0.2) is 0 Å². The Morgan fingerprint density at radius 2 is 1.71 bits per heavy atom. The van der Waals surface area contributed by atoms with Gasteiger partial charge in [-0.1, -0.05) is 59.1 Å². The minimum absolute atomic E-state index is 0.152. The number of halogens is 3. The van der Waals surface area contributed by atoms with Crippen LogP contribution in [-0.4, -0.2) is 54.6 Å². The van der Waals surface area contributed by atoms with E-state index in [2.05, 4.69) is 20.3 Å². The van der Waals surface area contributed by atoms with Crippen LogP contribution in [0.3, 0.4) is 0 Å². The Balaban J connectivity index is 1.41. The molecule has 28 heavy (non-hydrogen) atoms. The van der Waals surface area contributed by atoms with Gasteiger partial charge in [-0.15, -0.1) is 0 Å². The molecule has 148 valence electrons. The van der Waals surface area contributed by atoms with Crippen molar-refractivity contribution < 1.29 is 4.79 Å². The Morgan fingerprint density at radius 1 is 1.00 bits per heavy atom. The van der Waals surface area contributed by atoms with Gasteiger partial charge in [0.2, 0.25) is 0 Å². The maximum absolute atomic E-state index is 12.1. The number of piperazine rings is 1. The van der Waals surface area contributed by atoms with Gasteiger partial charge in [-0.3, -0.25) is 14.6 Å². The SMILES string of the molecule is O=C(CN1CCN(Cc2ccccc2Cl)CC1)NN=Cc1ccc(Cl)cc1Cl. The number of hydrazone groups is 1. The standard InChI is InChI=1S/C20H21Cl3N4O/c21-17-6-5-15(19(23)11-17)12-24-25-20(28)14-27-9-7-26(8-10-27)13-16-3-1-2-4-18(16)22/h1-6,11-12H,7-10,13-14H2,(H,25,28). The predicted octanol–water partition coefficient (Wildman–Crippen LogP) is 3.91. The summed E-state index contributed by atoms with van der Waals surface area (Å²) in [5.74, 6) is -0.152. The molecule has 0 aromatic heterocycles. The van der Waals surface area contributed by atoms with Gasteiger partial charge in [-0.2, -0.15) is 5.10 Å². The molecular formula is C20H21Cl3N4O. The van der Waals surface area contributed by atoms with Gasteiger partial charge < -0.3 is 0 Å². The van der Waals surface area contributed by atoms with Gasteiger partial charge >= 0.3 is 0 Å². The van der Waals surface area contributed by atoms with E-state index < -0.39 is 0 Å². The van der Waals surface area contributed by atoms with Gasteiger partial charge in [-0.25, -0.2) is 5.43 Å². The summed E-state index contributed by atoms with van der Waals surface area (Å²) in [5, 5.41) is 5.81. The molecule has 0 aliphatic carbocycles. The molecule has 2 aromatic carbocycles. The number of amides is 1. The van der Waals surface area contributed by atoms with Crippen LogP contribution in [0.15, 0.2) is 47.6 Å². The van der Waals surface area contributed by atoms with Crippen molar-refractivity contribution in [3.8, 4) is 0 Å². The largest absolute Gasteiger partial charge is 0.296 e. The second kappa shape index (κ2) is 10.2. The van der Waals surface area contributed by atoms with Crippen molar-refractivity contribution in [3.63, 3.8) is 0 Å². The Labute approximate surface area is 179 Å². The lowest BCUT2D eigenvalue weighted by molar-refractivity contribution is -0.122. The molecular weight excluding hydrogens is 419 g/mol. The summed E-state index contributed by atoms with van der Waals surface area (Å²) in [5.41, 5.74) is 4.37. The van der Waals surface area contributed by atoms with Gasteiger partial charge in [0.25, 0.3) is 5.91 Å². The molecule has 1 heterocycles. The Hall–Kier alpha value is -1.63. The van der Waals surface area contributed by atoms with Crippen molar-refractivity contribution in [2.75, 3.05) is 32.7 Å². The van der Waals surface area contributed by atoms with Crippen LogP contribution >= 0.6 is 34.8 Å². The van der Waals surface area contributed by atoms with Crippen LogP contribution in [0.25, 0.3) is 0 Å². The summed E-state index contributed by atoms with van der Waals surface area (Å²) >= 11 is 18.2. The quantitative estimate of drug-likeness (QED) is 0.548. The smallest absolute Gasteiger partial charge is 0.254 e. The van der Waals surface area contributed by atoms with Crippen molar-refractivity contribution >= 4 is 46.9 Å². The van der Waals surface area contributed by atoms with Crippen molar-refractivity contribution in [1.82, 2.24) is 15.2 Å². The summed E-state index contributed by atoms with van der Waals surface area (Å²) in [6, 6.07) is 13.0. The van der Waals surface area contributed by atoms with Crippen LogP contribution in [0, 0.1) is 0 Å². The average Bonchev–Trinajstić information content (AvgIpc) is 2.67. The maximum atomic E-state index is 12.1. The monoisotopic (exact) mass is 438 g/mol. The fraction of sp³-hybridized carbons (Fsp3) is 0.300. The highest BCUT2D eigenvalue weighted by atomic mass is 35.5. The second-order valence-corrected chi connectivity index (χ2v) is 7.85. The molecule has 1 saturated heterocycles. The number of benzene rings is 2. The Kier molecular flexibility index (Phi) is 7.71. The third kappa shape index (κ3) is 6.19. The first-order valence-electron chi connectivity index (χ1n) is 8.96. The van der Waals surface area contributed by atoms with Crippen LogP contribution in [0.2, 0.25) is 15.1 Å². The fourth-order valence-electron chi connectivity index (χ4n) is 2.99. The number of nitrogens with one attached hydrogen (secondary N) is 1. The summed E-state index contributed by atoms with van der Waals surface area (Å²) in [7, 11) is 0. The first kappa shape index (κ1) is 21.1. The number of rotatable bonds is 6. The molecule has 1 aliphatic heterocycles. The number of carbonyl (C=O) groups is 1. The van der Waals surface area contributed by atoms with E-state index in [0.29, 0.717) is 22.2 Å². The summed E-state index contributed by atoms with van der Waals surface area (Å²) < 4.78 is 0. The molecule has 0 saturated carbocycles. The molecule has 1 amide bonds. The third-order valence-electron chi connectivity index (χ3n) is 4.54. The Morgan fingerprint density at radius 3 is 2.43 bits per heavy atom. The van der Waals surface area contributed by atoms with Crippen molar-refractivity contribution in [2.24, 2.45) is 5.10 Å². The van der Waals surface area contributed by atoms with Crippen LogP contribution in [0.1, 0.15) is 11.1 Å². The Bertz CT molecular complexity index is 851. The summed E-state index contributed by atoms with van der Waals surface area (Å²) in [4.78, 5) is 16.6. The number of hydrogen-bond donors (Lipinski definition) is 1. The van der Waals surface area contributed by atoms with Crippen molar-refractivity contribution in [3.05, 3.63) is 68.7 Å². The molecule has 0 spiro atoms. The molecule has 0 unspecified atom stereocenters. The highest BCUT2D eigenvalue weighted by Gasteiger charge is 2.19. The van der Waals surface area contributed by atoms with E-state index in [1.54, 1.807) is 18.2 Å². The zero-order valence-corrected chi connectivity index (χ0v) is 17.5. The molecule has 0 bridgehead atoms. The topological polar surface area (TPSA) is 47.9 Å². The summed E-state index contributed by atoms with van der Waals surface area (Å²) in [6.07, 6.45) is 1.51. The van der Waals surface area contributed by atoms with Gasteiger partial charge in [0, 0.05) is 48.3 Å². The molecule has 8 heteroatoms. The minimum Gasteiger partial charge on any atom is -0.296 e. The fourth-order valence-corrected chi connectivity index (χ4v) is 3.64. The zero-order chi connectivity index (χ0) is 19.9. The number of hydrogen-bond acceptors (Lipinski definition) is 4. The molecule has 1 fully saturated rings. The van der Waals surface area contributed by atoms with E-state index >= 15 is 0 Å². The first-order chi connectivity index (χ1) is 13.5. The lowest BCUT2D eigenvalue weighted by Crippen LogP contribution is -2.48. The molecule has 1 aliphatic rings. The third-order valence-corrected chi connectivity index (χ3v) is 5.47. The van der Waals surface area contributed by atoms with E-state index in [1.807, 2.05) is 24.3 Å². The normalized spacial score (nSPS) is 15.8. The highest BCUT2D eigenvalue weighted by Crippen LogP contribution is 2.19. The number of nitrogens with zero attached hydrogens (tertiary/aromatic N) is 3. The van der Waals surface area contributed by atoms with Crippen LogP contribution < -0.4 is 5.43 Å². The van der Waals surface area contributed by atoms with Gasteiger partial charge in [0.05, 0.1) is 17.8 Å². The van der Waals surface area contributed by atoms with E-state index in [9.17, 15) is 4.79 Å². The van der Waals surface area contributed by atoms with E-state index in [4.69, 9.17) is 34.8 Å². The molecule has 3 rings (SSSR count). The lowest BCUT2D eigenvalue weighted by atomic mass is 10.2. The minimum atomic E-state index is -0.152. The highest BCUT2D eigenvalue weighted by molar-refractivity contribution is 6.36. The van der Waals surface area contributed by atoms with Gasteiger partial charge in [0.1, 0.15) is 0 Å². The van der Waals surface area contributed by atoms with E-state index in [0.717, 1.165) is 43.3 Å². The average molecular weight is 440 g/mol. The van der Waals surface area contributed by atoms with Crippen molar-refractivity contribution in [2.45, 2.75) is 6.54 Å². The zero-order valence-electron chi connectivity index (χ0n) is 15.2.